The Kier molecular flexibility index (Phi) is 9.93. The normalized spacial score (nSPS) is 19.0. The summed E-state index contributed by atoms with van der Waals surface area (Å²) in [5.74, 6) is 1.56. The fourth-order valence-corrected chi connectivity index (χ4v) is 4.61. The molecule has 1 amide bonds. The number of amides is 1. The molecule has 0 spiro atoms. The fraction of sp³-hybridized carbons (Fsp3) is 0.577. The van der Waals surface area contributed by atoms with Gasteiger partial charge in [-0.3, -0.25) is 4.79 Å². The van der Waals surface area contributed by atoms with Crippen LogP contribution in [-0.2, 0) is 9.47 Å². The maximum atomic E-state index is 13.3. The van der Waals surface area contributed by atoms with Crippen molar-refractivity contribution in [2.45, 2.75) is 38.3 Å². The minimum Gasteiger partial charge on any atom is -0.491 e. The first-order chi connectivity index (χ1) is 17.9. The smallest absolute Gasteiger partial charge is 0.270 e. The van der Waals surface area contributed by atoms with Crippen LogP contribution in [0.3, 0.4) is 0 Å². The van der Waals surface area contributed by atoms with Gasteiger partial charge >= 0.3 is 0 Å². The Balaban J connectivity index is 1.61. The van der Waals surface area contributed by atoms with Crippen LogP contribution in [0.5, 0.6) is 5.75 Å². The number of nitrogens with zero attached hydrogens (tertiary/aromatic N) is 2. The van der Waals surface area contributed by atoms with E-state index in [9.17, 15) is 9.90 Å². The SMILES string of the molecule is CNCC(O)COc1cc(Cl)cc(-c2nc(N[C@@H]3CCOC3)c(C)c(C(=O)NCC3CCOCC3)n2)c1. The summed E-state index contributed by atoms with van der Waals surface area (Å²) >= 11 is 6.39. The summed E-state index contributed by atoms with van der Waals surface area (Å²) in [4.78, 5) is 22.7. The number of rotatable bonds is 11. The van der Waals surface area contributed by atoms with E-state index in [1.807, 2.05) is 6.92 Å². The summed E-state index contributed by atoms with van der Waals surface area (Å²) in [7, 11) is 1.76. The van der Waals surface area contributed by atoms with Crippen molar-refractivity contribution in [1.82, 2.24) is 20.6 Å². The third-order valence-corrected chi connectivity index (χ3v) is 6.75. The number of anilines is 1. The van der Waals surface area contributed by atoms with Crippen LogP contribution in [-0.4, -0.2) is 86.3 Å². The molecule has 4 rings (SSSR count). The molecule has 1 aromatic heterocycles. The predicted octanol–water partition coefficient (Wildman–Crippen LogP) is 2.42. The summed E-state index contributed by atoms with van der Waals surface area (Å²) in [6.07, 6.45) is 2.04. The minimum atomic E-state index is -0.668. The lowest BCUT2D eigenvalue weighted by atomic mass is 10.0. The third kappa shape index (κ3) is 7.75. The molecule has 2 aromatic rings. The number of aliphatic hydroxyl groups is 1. The summed E-state index contributed by atoms with van der Waals surface area (Å²) in [5, 5.41) is 19.8. The van der Waals surface area contributed by atoms with Gasteiger partial charge in [-0.25, -0.2) is 9.97 Å². The second-order valence-electron chi connectivity index (χ2n) is 9.54. The summed E-state index contributed by atoms with van der Waals surface area (Å²) in [6, 6.07) is 5.26. The maximum absolute atomic E-state index is 13.3. The van der Waals surface area contributed by atoms with Gasteiger partial charge in [-0.15, -0.1) is 0 Å². The predicted molar refractivity (Wildman–Crippen MR) is 141 cm³/mol. The molecule has 4 N–H and O–H groups in total. The molecule has 0 aliphatic carbocycles. The second kappa shape index (κ2) is 13.3. The number of carbonyl (C=O) groups excluding carboxylic acids is 1. The van der Waals surface area contributed by atoms with E-state index in [0.29, 0.717) is 71.5 Å². The molecule has 1 aromatic carbocycles. The molecule has 11 heteroatoms. The highest BCUT2D eigenvalue weighted by atomic mass is 35.5. The van der Waals surface area contributed by atoms with Crippen molar-refractivity contribution in [2.75, 3.05) is 58.5 Å². The van der Waals surface area contributed by atoms with E-state index in [0.717, 1.165) is 32.5 Å². The molecule has 202 valence electrons. The number of aromatic nitrogens is 2. The number of aliphatic hydroxyl groups excluding tert-OH is 1. The van der Waals surface area contributed by atoms with Gasteiger partial charge in [0.25, 0.3) is 5.91 Å². The van der Waals surface area contributed by atoms with Gasteiger partial charge < -0.3 is 35.3 Å². The van der Waals surface area contributed by atoms with Gasteiger partial charge in [0.15, 0.2) is 5.82 Å². The number of ether oxygens (including phenoxy) is 3. The number of halogens is 1. The number of carbonyl (C=O) groups is 1. The molecular weight excluding hydrogens is 498 g/mol. The molecule has 1 unspecified atom stereocenters. The van der Waals surface area contributed by atoms with E-state index in [2.05, 4.69) is 20.9 Å². The molecular formula is C26H36ClN5O5. The summed E-state index contributed by atoms with van der Waals surface area (Å²) in [6.45, 7) is 5.63. The molecule has 0 saturated carbocycles. The number of nitrogens with one attached hydrogen (secondary N) is 3. The van der Waals surface area contributed by atoms with Crippen LogP contribution in [0, 0.1) is 12.8 Å². The first-order valence-electron chi connectivity index (χ1n) is 12.8. The van der Waals surface area contributed by atoms with E-state index < -0.39 is 6.10 Å². The van der Waals surface area contributed by atoms with E-state index in [4.69, 9.17) is 30.8 Å². The van der Waals surface area contributed by atoms with Crippen LogP contribution in [0.2, 0.25) is 5.02 Å². The van der Waals surface area contributed by atoms with Crippen molar-refractivity contribution >= 4 is 23.3 Å². The Labute approximate surface area is 222 Å². The Morgan fingerprint density at radius 3 is 2.70 bits per heavy atom. The monoisotopic (exact) mass is 533 g/mol. The zero-order valence-corrected chi connectivity index (χ0v) is 22.1. The zero-order chi connectivity index (χ0) is 26.2. The van der Waals surface area contributed by atoms with E-state index in [1.54, 1.807) is 25.2 Å². The van der Waals surface area contributed by atoms with Crippen molar-refractivity contribution < 1.29 is 24.1 Å². The van der Waals surface area contributed by atoms with E-state index >= 15 is 0 Å². The molecule has 2 saturated heterocycles. The topological polar surface area (TPSA) is 127 Å². The number of likely N-dealkylation sites (N-methyl/N-ethyl adjacent to an activating group) is 1. The lowest BCUT2D eigenvalue weighted by molar-refractivity contribution is 0.0642. The van der Waals surface area contributed by atoms with Gasteiger partial charge in [0.1, 0.15) is 30.0 Å². The zero-order valence-electron chi connectivity index (χ0n) is 21.4. The molecule has 3 heterocycles. The highest BCUT2D eigenvalue weighted by Crippen LogP contribution is 2.29. The number of hydrogen-bond donors (Lipinski definition) is 4. The number of benzene rings is 1. The quantitative estimate of drug-likeness (QED) is 0.344. The Morgan fingerprint density at radius 1 is 1.19 bits per heavy atom. The largest absolute Gasteiger partial charge is 0.491 e. The molecule has 2 aliphatic heterocycles. The van der Waals surface area contributed by atoms with Crippen molar-refractivity contribution in [3.8, 4) is 17.1 Å². The van der Waals surface area contributed by atoms with Crippen LogP contribution in [0.25, 0.3) is 11.4 Å². The molecule has 0 radical (unpaired) electrons. The van der Waals surface area contributed by atoms with Crippen molar-refractivity contribution in [3.05, 3.63) is 34.5 Å². The molecule has 2 aliphatic rings. The van der Waals surface area contributed by atoms with Crippen molar-refractivity contribution in [1.29, 1.82) is 0 Å². The van der Waals surface area contributed by atoms with Crippen LogP contribution in [0.1, 0.15) is 35.3 Å². The van der Waals surface area contributed by atoms with Crippen LogP contribution in [0.15, 0.2) is 18.2 Å². The molecule has 10 nitrogen and oxygen atoms in total. The molecule has 2 fully saturated rings. The van der Waals surface area contributed by atoms with Crippen molar-refractivity contribution in [2.24, 2.45) is 5.92 Å². The van der Waals surface area contributed by atoms with Crippen LogP contribution < -0.4 is 20.7 Å². The lowest BCUT2D eigenvalue weighted by Crippen LogP contribution is -2.33. The molecule has 0 bridgehead atoms. The molecule has 2 atom stereocenters. The highest BCUT2D eigenvalue weighted by molar-refractivity contribution is 6.31. The van der Waals surface area contributed by atoms with Crippen LogP contribution >= 0.6 is 11.6 Å². The summed E-state index contributed by atoms with van der Waals surface area (Å²) in [5.41, 5.74) is 1.59. The van der Waals surface area contributed by atoms with Gasteiger partial charge in [-0.05, 0) is 57.4 Å². The first kappa shape index (κ1) is 27.5. The standard InChI is InChI=1S/C26H36ClN5O5/c1-16-23(26(34)29-12-17-3-6-35-7-4-17)31-25(32-24(16)30-20-5-8-36-14-20)18-9-19(27)11-22(10-18)37-15-21(33)13-28-2/h9-11,17,20-21,28,33H,3-8,12-15H2,1-2H3,(H,29,34)(H,30,31,32)/t20-,21?/m1/s1. The van der Waals surface area contributed by atoms with Gasteiger partial charge in [0.2, 0.25) is 0 Å². The lowest BCUT2D eigenvalue weighted by Gasteiger charge is -2.22. The average molecular weight is 534 g/mol. The Hall–Kier alpha value is -2.50. The van der Waals surface area contributed by atoms with Gasteiger partial charge in [0.05, 0.1) is 12.6 Å². The highest BCUT2D eigenvalue weighted by Gasteiger charge is 2.23. The first-order valence-corrected chi connectivity index (χ1v) is 13.2. The van der Waals surface area contributed by atoms with Gasteiger partial charge in [-0.2, -0.15) is 0 Å². The third-order valence-electron chi connectivity index (χ3n) is 6.54. The van der Waals surface area contributed by atoms with E-state index in [1.165, 1.54) is 0 Å². The number of hydrogen-bond acceptors (Lipinski definition) is 9. The summed E-state index contributed by atoms with van der Waals surface area (Å²) < 4.78 is 16.7. The Morgan fingerprint density at radius 2 is 1.97 bits per heavy atom. The minimum absolute atomic E-state index is 0.101. The Bertz CT molecular complexity index is 1060. The molecule has 37 heavy (non-hydrogen) atoms. The fourth-order valence-electron chi connectivity index (χ4n) is 4.38. The van der Waals surface area contributed by atoms with Crippen molar-refractivity contribution in [3.63, 3.8) is 0 Å². The maximum Gasteiger partial charge on any atom is 0.270 e. The average Bonchev–Trinajstić information content (AvgIpc) is 3.41. The van der Waals surface area contributed by atoms with Gasteiger partial charge in [-0.1, -0.05) is 11.6 Å². The van der Waals surface area contributed by atoms with E-state index in [-0.39, 0.29) is 18.6 Å². The second-order valence-corrected chi connectivity index (χ2v) is 9.97. The van der Waals surface area contributed by atoms with Gasteiger partial charge in [0, 0.05) is 49.1 Å². The van der Waals surface area contributed by atoms with Crippen LogP contribution in [0.4, 0.5) is 5.82 Å².